The van der Waals surface area contributed by atoms with Gasteiger partial charge in [0.25, 0.3) is 0 Å². The number of anilines is 1. The third-order valence-corrected chi connectivity index (χ3v) is 5.98. The quantitative estimate of drug-likeness (QED) is 0.479. The van der Waals surface area contributed by atoms with Crippen LogP contribution in [0.4, 0.5) is 5.95 Å². The maximum atomic E-state index is 5.01. The van der Waals surface area contributed by atoms with Crippen LogP contribution in [0.2, 0.25) is 0 Å². The second-order valence-corrected chi connectivity index (χ2v) is 8.46. The molecule has 6 heteroatoms. The van der Waals surface area contributed by atoms with Crippen molar-refractivity contribution >= 4 is 5.95 Å². The van der Waals surface area contributed by atoms with Crippen LogP contribution in [-0.4, -0.2) is 50.8 Å². The number of nitrogens with zero attached hydrogens (tertiary/aromatic N) is 6. The van der Waals surface area contributed by atoms with Gasteiger partial charge in [-0.3, -0.25) is 4.90 Å². The van der Waals surface area contributed by atoms with E-state index < -0.39 is 0 Å². The molecule has 2 aromatic heterocycles. The van der Waals surface area contributed by atoms with Crippen LogP contribution in [0.5, 0.6) is 0 Å². The molecule has 162 valence electrons. The molecule has 2 aromatic carbocycles. The third kappa shape index (κ3) is 4.41. The Balaban J connectivity index is 1.39. The predicted octanol–water partition coefficient (Wildman–Crippen LogP) is 4.27. The molecule has 6 nitrogen and oxygen atoms in total. The highest BCUT2D eigenvalue weighted by Crippen LogP contribution is 2.26. The third-order valence-electron chi connectivity index (χ3n) is 5.98. The average Bonchev–Trinajstić information content (AvgIpc) is 3.24. The predicted molar refractivity (Wildman–Crippen MR) is 128 cm³/mol. The van der Waals surface area contributed by atoms with E-state index in [1.54, 1.807) is 0 Å². The van der Waals surface area contributed by atoms with Crippen molar-refractivity contribution in [3.63, 3.8) is 0 Å². The van der Waals surface area contributed by atoms with Crippen molar-refractivity contribution in [2.24, 2.45) is 0 Å². The van der Waals surface area contributed by atoms with Crippen LogP contribution in [0, 0.1) is 13.8 Å². The zero-order valence-electron chi connectivity index (χ0n) is 18.6. The average molecular weight is 425 g/mol. The highest BCUT2D eigenvalue weighted by molar-refractivity contribution is 5.64. The molecule has 1 aliphatic heterocycles. The Hall–Kier alpha value is -3.51. The number of aromatic nitrogens is 4. The molecule has 0 saturated carbocycles. The number of hydrogen-bond donors (Lipinski definition) is 0. The minimum absolute atomic E-state index is 0.819. The summed E-state index contributed by atoms with van der Waals surface area (Å²) in [4.78, 5) is 13.6. The Labute approximate surface area is 189 Å². The standard InChI is InChI=1S/C26H28N6/c1-20-7-9-24(10-8-20)32-19-23(25(29-32)22-6-3-5-21(2)17-22)18-30-13-15-31(16-14-30)26-27-11-4-12-28-26/h3-12,17,19H,13-16,18H2,1-2H3. The molecule has 1 fully saturated rings. The molecular weight excluding hydrogens is 396 g/mol. The fourth-order valence-electron chi connectivity index (χ4n) is 4.19. The van der Waals surface area contributed by atoms with Gasteiger partial charge < -0.3 is 4.90 Å². The van der Waals surface area contributed by atoms with Crippen LogP contribution >= 0.6 is 0 Å². The van der Waals surface area contributed by atoms with Gasteiger partial charge in [0.15, 0.2) is 0 Å². The van der Waals surface area contributed by atoms with Gasteiger partial charge in [0.2, 0.25) is 5.95 Å². The van der Waals surface area contributed by atoms with Gasteiger partial charge in [0, 0.05) is 62.4 Å². The molecule has 0 amide bonds. The molecule has 1 aliphatic rings. The molecule has 3 heterocycles. The first-order valence-electron chi connectivity index (χ1n) is 11.1. The SMILES string of the molecule is Cc1ccc(-n2cc(CN3CCN(c4ncccn4)CC3)c(-c3cccc(C)c3)n2)cc1. The molecule has 0 unspecified atom stereocenters. The van der Waals surface area contributed by atoms with Gasteiger partial charge in [-0.2, -0.15) is 5.10 Å². The van der Waals surface area contributed by atoms with Gasteiger partial charge in [0.05, 0.1) is 11.4 Å². The fourth-order valence-corrected chi connectivity index (χ4v) is 4.19. The van der Waals surface area contributed by atoms with Crippen LogP contribution in [0.15, 0.2) is 73.2 Å². The maximum Gasteiger partial charge on any atom is 0.225 e. The number of benzene rings is 2. The topological polar surface area (TPSA) is 50.1 Å². The highest BCUT2D eigenvalue weighted by Gasteiger charge is 2.21. The maximum absolute atomic E-state index is 5.01. The van der Waals surface area contributed by atoms with Crippen molar-refractivity contribution in [1.82, 2.24) is 24.6 Å². The molecule has 0 N–H and O–H groups in total. The highest BCUT2D eigenvalue weighted by atomic mass is 15.3. The van der Waals surface area contributed by atoms with E-state index in [-0.39, 0.29) is 0 Å². The number of rotatable bonds is 5. The first-order valence-corrected chi connectivity index (χ1v) is 11.1. The summed E-state index contributed by atoms with van der Waals surface area (Å²) in [5.74, 6) is 0.819. The summed E-state index contributed by atoms with van der Waals surface area (Å²) in [6.45, 7) is 8.91. The Kier molecular flexibility index (Phi) is 5.69. The minimum atomic E-state index is 0.819. The zero-order chi connectivity index (χ0) is 21.9. The normalized spacial score (nSPS) is 14.6. The molecule has 0 spiro atoms. The van der Waals surface area contributed by atoms with E-state index in [9.17, 15) is 0 Å². The molecule has 5 rings (SSSR count). The van der Waals surface area contributed by atoms with E-state index in [1.807, 2.05) is 23.1 Å². The Bertz CT molecular complexity index is 1170. The van der Waals surface area contributed by atoms with Gasteiger partial charge in [-0.05, 0) is 38.1 Å². The van der Waals surface area contributed by atoms with Gasteiger partial charge in [-0.1, -0.05) is 41.5 Å². The van der Waals surface area contributed by atoms with E-state index in [0.29, 0.717) is 0 Å². The number of aryl methyl sites for hydroxylation is 2. The minimum Gasteiger partial charge on any atom is -0.338 e. The summed E-state index contributed by atoms with van der Waals surface area (Å²) in [6.07, 6.45) is 5.81. The summed E-state index contributed by atoms with van der Waals surface area (Å²) in [6, 6.07) is 19.0. The lowest BCUT2D eigenvalue weighted by Crippen LogP contribution is -2.46. The largest absolute Gasteiger partial charge is 0.338 e. The van der Waals surface area contributed by atoms with Crippen molar-refractivity contribution in [2.75, 3.05) is 31.1 Å². The van der Waals surface area contributed by atoms with Crippen molar-refractivity contribution < 1.29 is 0 Å². The number of piperazine rings is 1. The smallest absolute Gasteiger partial charge is 0.225 e. The van der Waals surface area contributed by atoms with Crippen LogP contribution in [0.3, 0.4) is 0 Å². The lowest BCUT2D eigenvalue weighted by Gasteiger charge is -2.34. The van der Waals surface area contributed by atoms with Crippen molar-refractivity contribution in [2.45, 2.75) is 20.4 Å². The van der Waals surface area contributed by atoms with Gasteiger partial charge >= 0.3 is 0 Å². The van der Waals surface area contributed by atoms with E-state index in [4.69, 9.17) is 5.10 Å². The number of hydrogen-bond acceptors (Lipinski definition) is 5. The second kappa shape index (κ2) is 8.93. The summed E-state index contributed by atoms with van der Waals surface area (Å²) in [5.41, 5.74) is 7.06. The summed E-state index contributed by atoms with van der Waals surface area (Å²) < 4.78 is 2.01. The van der Waals surface area contributed by atoms with E-state index >= 15 is 0 Å². The first-order chi connectivity index (χ1) is 15.7. The molecule has 0 aliphatic carbocycles. The zero-order valence-corrected chi connectivity index (χ0v) is 18.6. The van der Waals surface area contributed by atoms with Gasteiger partial charge in [-0.15, -0.1) is 0 Å². The van der Waals surface area contributed by atoms with Crippen LogP contribution in [0.1, 0.15) is 16.7 Å². The van der Waals surface area contributed by atoms with Gasteiger partial charge in [0.1, 0.15) is 0 Å². The molecule has 0 radical (unpaired) electrons. The van der Waals surface area contributed by atoms with Gasteiger partial charge in [-0.25, -0.2) is 14.6 Å². The van der Waals surface area contributed by atoms with E-state index in [0.717, 1.165) is 50.1 Å². The fraction of sp³-hybridized carbons (Fsp3) is 0.269. The summed E-state index contributed by atoms with van der Waals surface area (Å²) >= 11 is 0. The monoisotopic (exact) mass is 424 g/mol. The van der Waals surface area contributed by atoms with Crippen LogP contribution in [0.25, 0.3) is 16.9 Å². The first kappa shape index (κ1) is 20.4. The van der Waals surface area contributed by atoms with Crippen molar-refractivity contribution in [3.8, 4) is 16.9 Å². The Morgan fingerprint density at radius 2 is 1.56 bits per heavy atom. The molecule has 1 saturated heterocycles. The van der Waals surface area contributed by atoms with E-state index in [1.165, 1.54) is 22.3 Å². The lowest BCUT2D eigenvalue weighted by atomic mass is 10.1. The molecule has 32 heavy (non-hydrogen) atoms. The molecule has 0 atom stereocenters. The van der Waals surface area contributed by atoms with E-state index in [2.05, 4.69) is 88.3 Å². The molecule has 0 bridgehead atoms. The summed E-state index contributed by atoms with van der Waals surface area (Å²) in [7, 11) is 0. The Morgan fingerprint density at radius 1 is 0.812 bits per heavy atom. The van der Waals surface area contributed by atoms with Crippen LogP contribution < -0.4 is 4.90 Å². The van der Waals surface area contributed by atoms with Crippen molar-refractivity contribution in [3.05, 3.63) is 89.9 Å². The second-order valence-electron chi connectivity index (χ2n) is 8.46. The lowest BCUT2D eigenvalue weighted by molar-refractivity contribution is 0.249. The Morgan fingerprint density at radius 3 is 2.28 bits per heavy atom. The van der Waals surface area contributed by atoms with Crippen LogP contribution in [-0.2, 0) is 6.54 Å². The molecular formula is C26H28N6. The van der Waals surface area contributed by atoms with Crippen molar-refractivity contribution in [1.29, 1.82) is 0 Å². The summed E-state index contributed by atoms with van der Waals surface area (Å²) in [5, 5.41) is 5.01. The molecule has 4 aromatic rings.